The van der Waals surface area contributed by atoms with E-state index in [1.54, 1.807) is 16.8 Å². The number of hydrogen-bond donors (Lipinski definition) is 2. The minimum absolute atomic E-state index is 0.489. The topological polar surface area (TPSA) is 79.4 Å². The van der Waals surface area contributed by atoms with Crippen molar-refractivity contribution in [3.8, 4) is 0 Å². The van der Waals surface area contributed by atoms with Gasteiger partial charge in [-0.1, -0.05) is 5.10 Å². The molecule has 2 N–H and O–H groups in total. The molecule has 0 spiro atoms. The molecule has 62 valence electrons. The molecule has 12 heavy (non-hydrogen) atoms. The number of tetrazole rings is 1. The first-order valence-electron chi connectivity index (χ1n) is 3.29. The van der Waals surface area contributed by atoms with Gasteiger partial charge in [-0.25, -0.2) is 4.98 Å². The van der Waals surface area contributed by atoms with Crippen molar-refractivity contribution in [2.75, 3.05) is 5.32 Å². The Hall–Kier alpha value is -1.50. The van der Waals surface area contributed by atoms with E-state index in [9.17, 15) is 0 Å². The Labute approximate surface area is 72.0 Å². The zero-order valence-corrected chi connectivity index (χ0v) is 6.88. The number of H-pyrrole nitrogens is 1. The summed E-state index contributed by atoms with van der Waals surface area (Å²) in [4.78, 5) is 4.09. The molecular formula is C5H6N6S. The molecule has 2 aromatic rings. The molecule has 0 saturated carbocycles. The summed E-state index contributed by atoms with van der Waals surface area (Å²) in [5, 5.41) is 18.1. The minimum Gasteiger partial charge on any atom is -0.346 e. The second-order valence-electron chi connectivity index (χ2n) is 2.07. The zero-order valence-electron chi connectivity index (χ0n) is 6.06. The van der Waals surface area contributed by atoms with Gasteiger partial charge in [0.1, 0.15) is 0 Å². The quantitative estimate of drug-likeness (QED) is 0.712. The summed E-state index contributed by atoms with van der Waals surface area (Å²) in [5.41, 5.74) is 2.76. The van der Waals surface area contributed by atoms with Gasteiger partial charge in [0.25, 0.3) is 5.95 Å². The molecule has 0 amide bonds. The molecule has 2 heterocycles. The van der Waals surface area contributed by atoms with Crippen LogP contribution in [-0.2, 0) is 6.54 Å². The van der Waals surface area contributed by atoms with E-state index in [1.165, 1.54) is 0 Å². The van der Waals surface area contributed by atoms with Crippen LogP contribution in [0.5, 0.6) is 0 Å². The highest BCUT2D eigenvalue weighted by atomic mass is 32.1. The first-order chi connectivity index (χ1) is 5.95. The smallest absolute Gasteiger partial charge is 0.263 e. The van der Waals surface area contributed by atoms with Crippen LogP contribution < -0.4 is 5.32 Å². The number of nitrogens with one attached hydrogen (secondary N) is 2. The largest absolute Gasteiger partial charge is 0.346 e. The van der Waals surface area contributed by atoms with Gasteiger partial charge in [-0.15, -0.1) is 16.4 Å². The average Bonchev–Trinajstić information content (AvgIpc) is 2.74. The van der Waals surface area contributed by atoms with Gasteiger partial charge < -0.3 is 5.32 Å². The molecule has 0 atom stereocenters. The number of anilines is 1. The molecular weight excluding hydrogens is 176 g/mol. The van der Waals surface area contributed by atoms with Gasteiger partial charge in [0.2, 0.25) is 0 Å². The Morgan fingerprint density at radius 2 is 2.58 bits per heavy atom. The number of nitrogens with zero attached hydrogens (tertiary/aromatic N) is 4. The normalized spacial score (nSPS) is 10.0. The van der Waals surface area contributed by atoms with Crippen molar-refractivity contribution in [2.24, 2.45) is 0 Å². The van der Waals surface area contributed by atoms with Gasteiger partial charge in [-0.05, 0) is 5.21 Å². The molecule has 7 heteroatoms. The molecule has 0 bridgehead atoms. The van der Waals surface area contributed by atoms with Crippen LogP contribution in [0.15, 0.2) is 10.9 Å². The average molecular weight is 182 g/mol. The Kier molecular flexibility index (Phi) is 1.95. The Balaban J connectivity index is 1.91. The van der Waals surface area contributed by atoms with Crippen molar-refractivity contribution in [3.05, 3.63) is 16.6 Å². The summed E-state index contributed by atoms with van der Waals surface area (Å²) < 4.78 is 0. The molecule has 0 aliphatic heterocycles. The number of aromatic nitrogens is 5. The van der Waals surface area contributed by atoms with Crippen molar-refractivity contribution in [1.82, 2.24) is 25.6 Å². The fourth-order valence-corrected chi connectivity index (χ4v) is 1.29. The predicted octanol–water partition coefficient (Wildman–Crippen LogP) is 0.268. The lowest BCUT2D eigenvalue weighted by Crippen LogP contribution is -2.00. The molecule has 0 saturated heterocycles. The molecule has 0 aliphatic rings. The van der Waals surface area contributed by atoms with E-state index in [4.69, 9.17) is 0 Å². The molecule has 6 nitrogen and oxygen atoms in total. The predicted molar refractivity (Wildman–Crippen MR) is 43.6 cm³/mol. The SMILES string of the molecule is c1nc(CNc2nn[nH]n2)cs1. The number of hydrogen-bond acceptors (Lipinski definition) is 6. The number of rotatable bonds is 3. The molecule has 2 aromatic heterocycles. The van der Waals surface area contributed by atoms with E-state index in [2.05, 4.69) is 30.9 Å². The van der Waals surface area contributed by atoms with Gasteiger partial charge in [0.15, 0.2) is 0 Å². The highest BCUT2D eigenvalue weighted by Crippen LogP contribution is 2.02. The van der Waals surface area contributed by atoms with Crippen LogP contribution >= 0.6 is 11.3 Å². The second kappa shape index (κ2) is 3.26. The lowest BCUT2D eigenvalue weighted by molar-refractivity contribution is 0.881. The summed E-state index contributed by atoms with van der Waals surface area (Å²) in [6, 6.07) is 0. The summed E-state index contributed by atoms with van der Waals surface area (Å²) in [6.07, 6.45) is 0. The van der Waals surface area contributed by atoms with Crippen molar-refractivity contribution in [2.45, 2.75) is 6.54 Å². The van der Waals surface area contributed by atoms with E-state index in [-0.39, 0.29) is 0 Å². The fourth-order valence-electron chi connectivity index (χ4n) is 0.731. The van der Waals surface area contributed by atoms with E-state index < -0.39 is 0 Å². The summed E-state index contributed by atoms with van der Waals surface area (Å²) in [6.45, 7) is 0.628. The van der Waals surface area contributed by atoms with E-state index in [0.717, 1.165) is 5.69 Å². The third kappa shape index (κ3) is 1.56. The van der Waals surface area contributed by atoms with E-state index >= 15 is 0 Å². The highest BCUT2D eigenvalue weighted by Gasteiger charge is 1.97. The van der Waals surface area contributed by atoms with Gasteiger partial charge >= 0.3 is 0 Å². The fraction of sp³-hybridized carbons (Fsp3) is 0.200. The molecule has 2 rings (SSSR count). The first kappa shape index (κ1) is 7.17. The number of aromatic amines is 1. The van der Waals surface area contributed by atoms with Crippen LogP contribution in [0.2, 0.25) is 0 Å². The van der Waals surface area contributed by atoms with Crippen molar-refractivity contribution >= 4 is 17.3 Å². The van der Waals surface area contributed by atoms with Gasteiger partial charge in [0.05, 0.1) is 17.7 Å². The molecule has 0 aromatic carbocycles. The molecule has 0 unspecified atom stereocenters. The van der Waals surface area contributed by atoms with Crippen LogP contribution in [0, 0.1) is 0 Å². The van der Waals surface area contributed by atoms with Crippen LogP contribution in [0.1, 0.15) is 5.69 Å². The third-order valence-corrected chi connectivity index (χ3v) is 1.89. The summed E-state index contributed by atoms with van der Waals surface area (Å²) >= 11 is 1.56. The van der Waals surface area contributed by atoms with Gasteiger partial charge in [0, 0.05) is 5.38 Å². The Bertz CT molecular complexity index is 279. The Morgan fingerprint density at radius 1 is 1.58 bits per heavy atom. The minimum atomic E-state index is 0.489. The Morgan fingerprint density at radius 3 is 3.25 bits per heavy atom. The van der Waals surface area contributed by atoms with E-state index in [0.29, 0.717) is 12.5 Å². The van der Waals surface area contributed by atoms with Crippen molar-refractivity contribution < 1.29 is 0 Å². The maximum Gasteiger partial charge on any atom is 0.263 e. The van der Waals surface area contributed by atoms with Crippen LogP contribution in [0.4, 0.5) is 5.95 Å². The monoisotopic (exact) mass is 182 g/mol. The summed E-state index contributed by atoms with van der Waals surface area (Å²) in [5.74, 6) is 0.489. The molecule has 0 fully saturated rings. The lowest BCUT2D eigenvalue weighted by Gasteiger charge is -1.94. The maximum atomic E-state index is 4.09. The standard InChI is InChI=1S/C5H6N6S/c1(4-2-12-3-7-4)6-5-8-10-11-9-5/h2-3H,1H2,(H2,6,8,9,10,11). The summed E-state index contributed by atoms with van der Waals surface area (Å²) in [7, 11) is 0. The van der Waals surface area contributed by atoms with Gasteiger partial charge in [-0.2, -0.15) is 5.21 Å². The van der Waals surface area contributed by atoms with Crippen LogP contribution in [-0.4, -0.2) is 25.6 Å². The van der Waals surface area contributed by atoms with Crippen LogP contribution in [0.25, 0.3) is 0 Å². The van der Waals surface area contributed by atoms with Crippen molar-refractivity contribution in [3.63, 3.8) is 0 Å². The second-order valence-corrected chi connectivity index (χ2v) is 2.79. The van der Waals surface area contributed by atoms with Gasteiger partial charge in [-0.3, -0.25) is 0 Å². The third-order valence-electron chi connectivity index (χ3n) is 1.26. The van der Waals surface area contributed by atoms with E-state index in [1.807, 2.05) is 5.38 Å². The zero-order chi connectivity index (χ0) is 8.23. The first-order valence-corrected chi connectivity index (χ1v) is 4.24. The number of thiazole rings is 1. The lowest BCUT2D eigenvalue weighted by atomic mass is 10.5. The molecule has 0 radical (unpaired) electrons. The van der Waals surface area contributed by atoms with Crippen molar-refractivity contribution in [1.29, 1.82) is 0 Å². The highest BCUT2D eigenvalue weighted by molar-refractivity contribution is 7.07. The maximum absolute atomic E-state index is 4.09. The van der Waals surface area contributed by atoms with Crippen LogP contribution in [0.3, 0.4) is 0 Å². The molecule has 0 aliphatic carbocycles.